The number of aliphatic hydroxyl groups excluding tert-OH is 1. The van der Waals surface area contributed by atoms with Gasteiger partial charge in [0.15, 0.2) is 0 Å². The minimum Gasteiger partial charge on any atom is -0.396 e. The van der Waals surface area contributed by atoms with E-state index >= 15 is 0 Å². The first-order valence-corrected chi connectivity index (χ1v) is 6.20. The van der Waals surface area contributed by atoms with Crippen LogP contribution < -0.4 is 5.32 Å². The SMILES string of the molecule is CC(NC(CCO)C(C)(C)C)c1nccn1C. The molecule has 4 nitrogen and oxygen atoms in total. The molecule has 0 saturated heterocycles. The van der Waals surface area contributed by atoms with Gasteiger partial charge >= 0.3 is 0 Å². The van der Waals surface area contributed by atoms with Crippen molar-refractivity contribution in [2.75, 3.05) is 6.61 Å². The molecule has 0 aliphatic carbocycles. The van der Waals surface area contributed by atoms with E-state index < -0.39 is 0 Å². The molecular formula is C13H25N3O. The fourth-order valence-electron chi connectivity index (χ4n) is 2.07. The van der Waals surface area contributed by atoms with Crippen molar-refractivity contribution in [3.8, 4) is 0 Å². The smallest absolute Gasteiger partial charge is 0.125 e. The largest absolute Gasteiger partial charge is 0.396 e. The summed E-state index contributed by atoms with van der Waals surface area (Å²) in [6.07, 6.45) is 4.52. The van der Waals surface area contributed by atoms with Gasteiger partial charge in [-0.15, -0.1) is 0 Å². The van der Waals surface area contributed by atoms with Gasteiger partial charge in [-0.2, -0.15) is 0 Å². The Hall–Kier alpha value is -0.870. The quantitative estimate of drug-likeness (QED) is 0.824. The molecule has 0 bridgehead atoms. The van der Waals surface area contributed by atoms with Gasteiger partial charge in [0.25, 0.3) is 0 Å². The molecule has 2 atom stereocenters. The van der Waals surface area contributed by atoms with Crippen LogP contribution in [0.2, 0.25) is 0 Å². The molecule has 17 heavy (non-hydrogen) atoms. The molecule has 2 unspecified atom stereocenters. The summed E-state index contributed by atoms with van der Waals surface area (Å²) in [5.41, 5.74) is 0.127. The molecule has 1 aromatic heterocycles. The summed E-state index contributed by atoms with van der Waals surface area (Å²) in [7, 11) is 2.00. The van der Waals surface area contributed by atoms with E-state index in [1.165, 1.54) is 0 Å². The van der Waals surface area contributed by atoms with Crippen molar-refractivity contribution >= 4 is 0 Å². The molecule has 0 aliphatic rings. The summed E-state index contributed by atoms with van der Waals surface area (Å²) >= 11 is 0. The first-order valence-electron chi connectivity index (χ1n) is 6.20. The van der Waals surface area contributed by atoms with Crippen LogP contribution in [-0.2, 0) is 7.05 Å². The van der Waals surface area contributed by atoms with Crippen molar-refractivity contribution in [3.63, 3.8) is 0 Å². The van der Waals surface area contributed by atoms with Gasteiger partial charge < -0.3 is 15.0 Å². The summed E-state index contributed by atoms with van der Waals surface area (Å²) in [5, 5.41) is 12.7. The Bertz CT molecular complexity index is 341. The molecule has 1 rings (SSSR count). The maximum Gasteiger partial charge on any atom is 0.125 e. The number of aryl methyl sites for hydroxylation is 1. The lowest BCUT2D eigenvalue weighted by Gasteiger charge is -2.33. The number of rotatable bonds is 5. The van der Waals surface area contributed by atoms with Gasteiger partial charge in [-0.25, -0.2) is 4.98 Å². The zero-order valence-electron chi connectivity index (χ0n) is 11.6. The molecule has 0 saturated carbocycles. The van der Waals surface area contributed by atoms with E-state index in [1.54, 1.807) is 0 Å². The van der Waals surface area contributed by atoms with E-state index in [-0.39, 0.29) is 24.1 Å². The Morgan fingerprint density at radius 2 is 2.12 bits per heavy atom. The fraction of sp³-hybridized carbons (Fsp3) is 0.769. The van der Waals surface area contributed by atoms with Crippen molar-refractivity contribution in [2.24, 2.45) is 12.5 Å². The molecule has 2 N–H and O–H groups in total. The van der Waals surface area contributed by atoms with Crippen molar-refractivity contribution in [3.05, 3.63) is 18.2 Å². The molecule has 0 amide bonds. The van der Waals surface area contributed by atoms with Crippen LogP contribution in [0.4, 0.5) is 0 Å². The van der Waals surface area contributed by atoms with Crippen molar-refractivity contribution in [1.29, 1.82) is 0 Å². The van der Waals surface area contributed by atoms with Crippen LogP contribution in [0.3, 0.4) is 0 Å². The fourth-order valence-corrected chi connectivity index (χ4v) is 2.07. The average molecular weight is 239 g/mol. The monoisotopic (exact) mass is 239 g/mol. The first-order chi connectivity index (χ1) is 7.86. The summed E-state index contributed by atoms with van der Waals surface area (Å²) in [6, 6.07) is 0.463. The van der Waals surface area contributed by atoms with Gasteiger partial charge in [0.05, 0.1) is 6.04 Å². The van der Waals surface area contributed by atoms with E-state index in [9.17, 15) is 0 Å². The Kier molecular flexibility index (Phi) is 4.71. The molecule has 0 radical (unpaired) electrons. The number of aliphatic hydroxyl groups is 1. The van der Waals surface area contributed by atoms with Crippen LogP contribution >= 0.6 is 0 Å². The average Bonchev–Trinajstić information content (AvgIpc) is 2.62. The zero-order chi connectivity index (χ0) is 13.1. The second-order valence-corrected chi connectivity index (χ2v) is 5.72. The molecule has 0 aliphatic heterocycles. The molecule has 98 valence electrons. The highest BCUT2D eigenvalue weighted by atomic mass is 16.3. The third-order valence-electron chi connectivity index (χ3n) is 3.16. The van der Waals surface area contributed by atoms with Gasteiger partial charge in [-0.1, -0.05) is 20.8 Å². The highest BCUT2D eigenvalue weighted by Gasteiger charge is 2.26. The summed E-state index contributed by atoms with van der Waals surface area (Å²) < 4.78 is 2.02. The van der Waals surface area contributed by atoms with Crippen LogP contribution in [0.1, 0.15) is 46.0 Å². The van der Waals surface area contributed by atoms with Crippen LogP contribution in [0.5, 0.6) is 0 Å². The van der Waals surface area contributed by atoms with Crippen molar-refractivity contribution < 1.29 is 5.11 Å². The lowest BCUT2D eigenvalue weighted by molar-refractivity contribution is 0.186. The number of aromatic nitrogens is 2. The standard InChI is InChI=1S/C13H25N3O/c1-10(12-14-7-8-16(12)5)15-11(6-9-17)13(2,3)4/h7-8,10-11,15,17H,6,9H2,1-5H3. The predicted molar refractivity (Wildman–Crippen MR) is 69.7 cm³/mol. The van der Waals surface area contributed by atoms with E-state index in [0.29, 0.717) is 0 Å². The van der Waals surface area contributed by atoms with E-state index in [1.807, 2.05) is 24.0 Å². The van der Waals surface area contributed by atoms with Crippen LogP contribution in [0.15, 0.2) is 12.4 Å². The maximum atomic E-state index is 9.14. The van der Waals surface area contributed by atoms with E-state index in [4.69, 9.17) is 5.11 Å². The predicted octanol–water partition coefficient (Wildman–Crippen LogP) is 1.87. The summed E-state index contributed by atoms with van der Waals surface area (Å²) in [5.74, 6) is 1.03. The topological polar surface area (TPSA) is 50.1 Å². The van der Waals surface area contributed by atoms with Crippen LogP contribution in [-0.4, -0.2) is 27.3 Å². The minimum absolute atomic E-state index is 0.127. The molecule has 4 heteroatoms. The highest BCUT2D eigenvalue weighted by Crippen LogP contribution is 2.24. The third-order valence-corrected chi connectivity index (χ3v) is 3.16. The van der Waals surface area contributed by atoms with Gasteiger partial charge in [0.2, 0.25) is 0 Å². The molecule has 0 spiro atoms. The number of imidazole rings is 1. The maximum absolute atomic E-state index is 9.14. The van der Waals surface area contributed by atoms with E-state index in [2.05, 4.69) is 38.0 Å². The lowest BCUT2D eigenvalue weighted by Crippen LogP contribution is -2.42. The van der Waals surface area contributed by atoms with Crippen molar-refractivity contribution in [2.45, 2.75) is 46.2 Å². The minimum atomic E-state index is 0.127. The summed E-state index contributed by atoms with van der Waals surface area (Å²) in [4.78, 5) is 4.35. The first kappa shape index (κ1) is 14.2. The Morgan fingerprint density at radius 1 is 1.47 bits per heavy atom. The number of hydrogen-bond acceptors (Lipinski definition) is 3. The molecule has 0 aromatic carbocycles. The van der Waals surface area contributed by atoms with Crippen LogP contribution in [0.25, 0.3) is 0 Å². The van der Waals surface area contributed by atoms with Gasteiger partial charge in [0.1, 0.15) is 5.82 Å². The number of nitrogens with one attached hydrogen (secondary N) is 1. The lowest BCUT2D eigenvalue weighted by atomic mass is 9.84. The molecule has 1 heterocycles. The third kappa shape index (κ3) is 3.82. The Balaban J connectivity index is 2.71. The van der Waals surface area contributed by atoms with Gasteiger partial charge in [-0.05, 0) is 18.8 Å². The highest BCUT2D eigenvalue weighted by molar-refractivity contribution is 4.98. The van der Waals surface area contributed by atoms with E-state index in [0.717, 1.165) is 12.2 Å². The number of nitrogens with zero attached hydrogens (tertiary/aromatic N) is 2. The normalized spacial score (nSPS) is 15.9. The summed E-state index contributed by atoms with van der Waals surface area (Å²) in [6.45, 7) is 8.88. The second kappa shape index (κ2) is 5.65. The van der Waals surface area contributed by atoms with Crippen LogP contribution in [0, 0.1) is 5.41 Å². The van der Waals surface area contributed by atoms with Crippen molar-refractivity contribution in [1.82, 2.24) is 14.9 Å². The number of hydrogen-bond donors (Lipinski definition) is 2. The Morgan fingerprint density at radius 3 is 2.53 bits per heavy atom. The van der Waals surface area contributed by atoms with Gasteiger partial charge in [-0.3, -0.25) is 0 Å². The Labute approximate surface area is 104 Å². The second-order valence-electron chi connectivity index (χ2n) is 5.72. The van der Waals surface area contributed by atoms with Gasteiger partial charge in [0, 0.05) is 32.1 Å². The molecule has 1 aromatic rings. The molecule has 0 fully saturated rings. The molecular weight excluding hydrogens is 214 g/mol. The zero-order valence-corrected chi connectivity index (χ0v) is 11.6.